The van der Waals surface area contributed by atoms with Crippen LogP contribution >= 0.6 is 0 Å². The van der Waals surface area contributed by atoms with E-state index in [-0.39, 0.29) is 37.4 Å². The molecule has 3 heterocycles. The first-order valence-electron chi connectivity index (χ1n) is 12.3. The number of esters is 1. The van der Waals surface area contributed by atoms with Crippen molar-refractivity contribution in [1.29, 1.82) is 0 Å². The molecule has 0 radical (unpaired) electrons. The summed E-state index contributed by atoms with van der Waals surface area (Å²) in [5.41, 5.74) is 0. The standard InChI is InChI=1S/C26H40O7/c1-17-7-4-3-5-9-24-18(2)12-25(33-24)23(29)15-22(16-27)32-26(30)10-6-8-20-13-19(28)14-21(11-17)31-20/h3-7,10,17-25,27-29H,8-9,11-16H2,1-2H3/b5-3-,7-4-,10-6-/t17-,18+,19+,20-,21+,22+,23+,24+,25-/m0/s1. The number of fused-ring (bicyclic) bond motifs is 4. The molecule has 7 nitrogen and oxygen atoms in total. The average molecular weight is 465 g/mol. The zero-order valence-electron chi connectivity index (χ0n) is 19.8. The summed E-state index contributed by atoms with van der Waals surface area (Å²) in [7, 11) is 0. The molecule has 2 saturated heterocycles. The fourth-order valence-electron chi connectivity index (χ4n) is 5.00. The van der Waals surface area contributed by atoms with E-state index in [1.165, 1.54) is 6.08 Å². The van der Waals surface area contributed by atoms with Gasteiger partial charge in [0.1, 0.15) is 6.10 Å². The highest BCUT2D eigenvalue weighted by Crippen LogP contribution is 2.32. The largest absolute Gasteiger partial charge is 0.457 e. The van der Waals surface area contributed by atoms with Crippen LogP contribution < -0.4 is 0 Å². The molecular weight excluding hydrogens is 424 g/mol. The molecule has 0 amide bonds. The Labute approximate surface area is 197 Å². The highest BCUT2D eigenvalue weighted by atomic mass is 16.6. The molecule has 186 valence electrons. The van der Waals surface area contributed by atoms with E-state index in [4.69, 9.17) is 14.2 Å². The number of rotatable bonds is 1. The number of aliphatic hydroxyl groups is 3. The van der Waals surface area contributed by atoms with E-state index in [0.717, 1.165) is 19.3 Å². The third-order valence-electron chi connectivity index (χ3n) is 6.81. The Morgan fingerprint density at radius 1 is 0.909 bits per heavy atom. The predicted molar refractivity (Wildman–Crippen MR) is 124 cm³/mol. The monoisotopic (exact) mass is 464 g/mol. The molecule has 0 aliphatic carbocycles. The molecule has 3 aliphatic rings. The molecule has 2 fully saturated rings. The van der Waals surface area contributed by atoms with Crippen LogP contribution in [0.15, 0.2) is 36.5 Å². The molecule has 33 heavy (non-hydrogen) atoms. The minimum atomic E-state index is -0.820. The van der Waals surface area contributed by atoms with Crippen LogP contribution in [0.25, 0.3) is 0 Å². The van der Waals surface area contributed by atoms with Gasteiger partial charge in [-0.3, -0.25) is 0 Å². The van der Waals surface area contributed by atoms with Crippen molar-refractivity contribution < 1.29 is 34.3 Å². The zero-order valence-corrected chi connectivity index (χ0v) is 19.8. The van der Waals surface area contributed by atoms with E-state index in [2.05, 4.69) is 26.0 Å². The Balaban J connectivity index is 1.70. The summed E-state index contributed by atoms with van der Waals surface area (Å²) < 4.78 is 17.6. The molecule has 3 rings (SSSR count). The van der Waals surface area contributed by atoms with Crippen LogP contribution in [-0.2, 0) is 19.0 Å². The molecular formula is C26H40O7. The van der Waals surface area contributed by atoms with Crippen LogP contribution in [0.5, 0.6) is 0 Å². The lowest BCUT2D eigenvalue weighted by Crippen LogP contribution is -2.36. The second-order valence-corrected chi connectivity index (χ2v) is 9.88. The number of carbonyl (C=O) groups is 1. The summed E-state index contributed by atoms with van der Waals surface area (Å²) in [4.78, 5) is 12.2. The summed E-state index contributed by atoms with van der Waals surface area (Å²) in [6.07, 6.45) is 12.9. The second-order valence-electron chi connectivity index (χ2n) is 9.88. The SMILES string of the molecule is C[C@@H]1C[C@@H]2O[C@@H]1C/C=C\C=C/[C@H](C)C[C@@H]1C[C@H](O)C[C@H](C/C=C\C(=O)O[C@@H](CO)C[C@H]2O)O1. The van der Waals surface area contributed by atoms with Gasteiger partial charge in [0, 0.05) is 12.5 Å². The van der Waals surface area contributed by atoms with Gasteiger partial charge in [0.2, 0.25) is 0 Å². The lowest BCUT2D eigenvalue weighted by Gasteiger charge is -2.33. The van der Waals surface area contributed by atoms with E-state index >= 15 is 0 Å². The fraction of sp³-hybridized carbons (Fsp3) is 0.731. The summed E-state index contributed by atoms with van der Waals surface area (Å²) in [6.45, 7) is 3.89. The van der Waals surface area contributed by atoms with Crippen molar-refractivity contribution >= 4 is 5.97 Å². The predicted octanol–water partition coefficient (Wildman–Crippen LogP) is 2.83. The van der Waals surface area contributed by atoms with E-state index in [1.54, 1.807) is 6.08 Å². The van der Waals surface area contributed by atoms with Gasteiger partial charge in [-0.25, -0.2) is 4.79 Å². The fourth-order valence-corrected chi connectivity index (χ4v) is 5.00. The van der Waals surface area contributed by atoms with Gasteiger partial charge in [0.25, 0.3) is 0 Å². The number of carbonyl (C=O) groups excluding carboxylic acids is 1. The molecule has 0 aromatic carbocycles. The first kappa shape index (κ1) is 26.1. The van der Waals surface area contributed by atoms with Gasteiger partial charge in [-0.2, -0.15) is 0 Å². The van der Waals surface area contributed by atoms with Gasteiger partial charge in [-0.15, -0.1) is 0 Å². The van der Waals surface area contributed by atoms with Crippen molar-refractivity contribution in [2.45, 2.75) is 102 Å². The van der Waals surface area contributed by atoms with Crippen molar-refractivity contribution in [3.05, 3.63) is 36.5 Å². The Morgan fingerprint density at radius 3 is 2.48 bits per heavy atom. The molecule has 3 aliphatic heterocycles. The second kappa shape index (κ2) is 12.8. The van der Waals surface area contributed by atoms with E-state index < -0.39 is 24.3 Å². The lowest BCUT2D eigenvalue weighted by molar-refractivity contribution is -0.148. The van der Waals surface area contributed by atoms with Crippen LogP contribution in [-0.4, -0.2) is 70.6 Å². The van der Waals surface area contributed by atoms with Gasteiger partial charge in [-0.1, -0.05) is 44.2 Å². The maximum Gasteiger partial charge on any atom is 0.330 e. The number of aliphatic hydroxyl groups excluding tert-OH is 3. The van der Waals surface area contributed by atoms with Crippen LogP contribution in [0.2, 0.25) is 0 Å². The summed E-state index contributed by atoms with van der Waals surface area (Å²) in [5.74, 6) is 0.0419. The topological polar surface area (TPSA) is 105 Å². The maximum atomic E-state index is 12.2. The zero-order chi connectivity index (χ0) is 23.8. The molecule has 3 N–H and O–H groups in total. The van der Waals surface area contributed by atoms with E-state index in [1.807, 2.05) is 12.2 Å². The highest BCUT2D eigenvalue weighted by Gasteiger charge is 2.36. The lowest BCUT2D eigenvalue weighted by atomic mass is 9.93. The first-order valence-corrected chi connectivity index (χ1v) is 12.3. The minimum Gasteiger partial charge on any atom is -0.457 e. The van der Waals surface area contributed by atoms with E-state index in [0.29, 0.717) is 31.1 Å². The molecule has 0 saturated carbocycles. The van der Waals surface area contributed by atoms with Gasteiger partial charge < -0.3 is 29.5 Å². The van der Waals surface area contributed by atoms with Crippen molar-refractivity contribution in [1.82, 2.24) is 0 Å². The molecule has 0 aromatic heterocycles. The number of hydrogen-bond acceptors (Lipinski definition) is 7. The molecule has 0 unspecified atom stereocenters. The van der Waals surface area contributed by atoms with Crippen LogP contribution in [0.1, 0.15) is 58.8 Å². The summed E-state index contributed by atoms with van der Waals surface area (Å²) >= 11 is 0. The van der Waals surface area contributed by atoms with Crippen molar-refractivity contribution in [3.8, 4) is 0 Å². The quantitative estimate of drug-likeness (QED) is 0.513. The Morgan fingerprint density at radius 2 is 1.70 bits per heavy atom. The first-order chi connectivity index (χ1) is 15.8. The van der Waals surface area contributed by atoms with Crippen molar-refractivity contribution in [2.24, 2.45) is 11.8 Å². The van der Waals surface area contributed by atoms with Gasteiger partial charge in [0.15, 0.2) is 0 Å². The van der Waals surface area contributed by atoms with Crippen LogP contribution in [0.3, 0.4) is 0 Å². The van der Waals surface area contributed by atoms with E-state index in [9.17, 15) is 20.1 Å². The third kappa shape index (κ3) is 8.34. The van der Waals surface area contributed by atoms with Crippen molar-refractivity contribution in [3.63, 3.8) is 0 Å². The smallest absolute Gasteiger partial charge is 0.330 e. The van der Waals surface area contributed by atoms with Crippen LogP contribution in [0, 0.1) is 11.8 Å². The summed E-state index contributed by atoms with van der Waals surface area (Å²) in [6, 6.07) is 0. The normalized spacial score (nSPS) is 44.3. The number of cyclic esters (lactones) is 1. The number of ether oxygens (including phenoxy) is 3. The molecule has 0 aromatic rings. The molecule has 0 spiro atoms. The Hall–Kier alpha value is -1.51. The number of hydrogen-bond donors (Lipinski definition) is 3. The molecule has 9 atom stereocenters. The molecule has 4 bridgehead atoms. The Kier molecular flexibility index (Phi) is 10.1. The highest BCUT2D eigenvalue weighted by molar-refractivity contribution is 5.82. The van der Waals surface area contributed by atoms with Gasteiger partial charge in [0.05, 0.1) is 43.2 Å². The van der Waals surface area contributed by atoms with Crippen molar-refractivity contribution in [2.75, 3.05) is 6.61 Å². The number of allylic oxidation sites excluding steroid dienone is 3. The van der Waals surface area contributed by atoms with Gasteiger partial charge >= 0.3 is 5.97 Å². The molecule has 7 heteroatoms. The van der Waals surface area contributed by atoms with Gasteiger partial charge in [-0.05, 0) is 50.4 Å². The minimum absolute atomic E-state index is 0.0213. The summed E-state index contributed by atoms with van der Waals surface area (Å²) in [5, 5.41) is 30.5. The third-order valence-corrected chi connectivity index (χ3v) is 6.81. The Bertz CT molecular complexity index is 703. The van der Waals surface area contributed by atoms with Crippen LogP contribution in [0.4, 0.5) is 0 Å². The average Bonchev–Trinajstić information content (AvgIpc) is 3.12. The maximum absolute atomic E-state index is 12.2.